The Hall–Kier alpha value is -0.140. The van der Waals surface area contributed by atoms with E-state index >= 15 is 0 Å². The van der Waals surface area contributed by atoms with Gasteiger partial charge in [-0.25, -0.2) is 8.78 Å². The van der Waals surface area contributed by atoms with E-state index in [0.29, 0.717) is 0 Å². The zero-order chi connectivity index (χ0) is 10.5. The smallest absolute Gasteiger partial charge is 0.242 e. The topological polar surface area (TPSA) is 0 Å². The van der Waals surface area contributed by atoms with Gasteiger partial charge in [0.15, 0.2) is 6.17 Å². The highest BCUT2D eigenvalue weighted by atomic mass is 32.2. The third kappa shape index (κ3) is 1.29. The van der Waals surface area contributed by atoms with Crippen LogP contribution in [0.25, 0.3) is 0 Å². The summed E-state index contributed by atoms with van der Waals surface area (Å²) in [5.74, 6) is -1.19. The molecule has 0 amide bonds. The van der Waals surface area contributed by atoms with Crippen molar-refractivity contribution in [1.82, 2.24) is 0 Å². The van der Waals surface area contributed by atoms with Gasteiger partial charge in [-0.15, -0.1) is 0 Å². The fourth-order valence-electron chi connectivity index (χ4n) is 0.923. The lowest BCUT2D eigenvalue weighted by Gasteiger charge is -2.29. The number of thioether (sulfide) groups is 1. The molecule has 2 atom stereocenters. The van der Waals surface area contributed by atoms with E-state index in [4.69, 9.17) is 0 Å². The first-order valence-electron chi connectivity index (χ1n) is 3.04. The maximum Gasteiger partial charge on any atom is 0.432 e. The van der Waals surface area contributed by atoms with Crippen molar-refractivity contribution in [2.24, 2.45) is 0 Å². The van der Waals surface area contributed by atoms with E-state index in [2.05, 4.69) is 0 Å². The molecular weight excluding hydrogens is 225 g/mol. The molecule has 0 spiro atoms. The van der Waals surface area contributed by atoms with E-state index in [9.17, 15) is 30.7 Å². The molecule has 1 aliphatic rings. The first-order chi connectivity index (χ1) is 5.63. The van der Waals surface area contributed by atoms with Crippen molar-refractivity contribution in [1.29, 1.82) is 0 Å². The Labute approximate surface area is 72.5 Å². The van der Waals surface area contributed by atoms with Crippen LogP contribution in [0.4, 0.5) is 30.7 Å². The SMILES string of the molecule is FC1CSC(F)(F)C1(F)C(F)(F)F. The van der Waals surface area contributed by atoms with Crippen LogP contribution in [0.1, 0.15) is 0 Å². The summed E-state index contributed by atoms with van der Waals surface area (Å²) in [7, 11) is 0. The molecule has 0 nitrogen and oxygen atoms in total. The summed E-state index contributed by atoms with van der Waals surface area (Å²) in [4.78, 5) is 0. The highest BCUT2D eigenvalue weighted by molar-refractivity contribution is 8.00. The van der Waals surface area contributed by atoms with Gasteiger partial charge in [-0.2, -0.15) is 22.0 Å². The second kappa shape index (κ2) is 2.68. The van der Waals surface area contributed by atoms with Gasteiger partial charge in [-0.05, 0) is 0 Å². The minimum absolute atomic E-state index is 0.662. The molecule has 1 heterocycles. The number of hydrogen-bond acceptors (Lipinski definition) is 1. The molecule has 0 saturated carbocycles. The Kier molecular flexibility index (Phi) is 2.25. The molecule has 0 N–H and O–H groups in total. The molecule has 0 aliphatic carbocycles. The molecule has 0 bridgehead atoms. The van der Waals surface area contributed by atoms with Gasteiger partial charge in [0.2, 0.25) is 0 Å². The van der Waals surface area contributed by atoms with Crippen molar-refractivity contribution in [3.8, 4) is 0 Å². The third-order valence-electron chi connectivity index (χ3n) is 1.68. The molecular formula is C5H3F7S. The summed E-state index contributed by atoms with van der Waals surface area (Å²) in [5.41, 5.74) is -5.05. The zero-order valence-electron chi connectivity index (χ0n) is 5.84. The van der Waals surface area contributed by atoms with Gasteiger partial charge in [0.05, 0.1) is 0 Å². The van der Waals surface area contributed by atoms with Crippen LogP contribution in [-0.2, 0) is 0 Å². The van der Waals surface area contributed by atoms with Crippen LogP contribution in [-0.4, -0.2) is 29.0 Å². The highest BCUT2D eigenvalue weighted by Gasteiger charge is 2.79. The van der Waals surface area contributed by atoms with Crippen LogP contribution in [0, 0.1) is 0 Å². The summed E-state index contributed by atoms with van der Waals surface area (Å²) >= 11 is -0.662. The second-order valence-electron chi connectivity index (χ2n) is 2.50. The molecule has 1 fully saturated rings. The normalized spacial score (nSPS) is 39.5. The second-order valence-corrected chi connectivity index (χ2v) is 3.64. The summed E-state index contributed by atoms with van der Waals surface area (Å²) in [6, 6.07) is 0. The van der Waals surface area contributed by atoms with Crippen molar-refractivity contribution in [2.45, 2.75) is 23.3 Å². The predicted molar refractivity (Wildman–Crippen MR) is 32.2 cm³/mol. The van der Waals surface area contributed by atoms with Gasteiger partial charge >= 0.3 is 17.1 Å². The van der Waals surface area contributed by atoms with E-state index in [1.54, 1.807) is 0 Å². The van der Waals surface area contributed by atoms with Gasteiger partial charge < -0.3 is 0 Å². The fraction of sp³-hybridized carbons (Fsp3) is 1.00. The van der Waals surface area contributed by atoms with Gasteiger partial charge in [-0.3, -0.25) is 0 Å². The molecule has 8 heteroatoms. The molecule has 1 rings (SSSR count). The van der Waals surface area contributed by atoms with Crippen molar-refractivity contribution in [2.75, 3.05) is 5.75 Å². The molecule has 0 aromatic rings. The molecule has 78 valence electrons. The summed E-state index contributed by atoms with van der Waals surface area (Å²) in [6.45, 7) is 0. The van der Waals surface area contributed by atoms with Crippen molar-refractivity contribution < 1.29 is 30.7 Å². The zero-order valence-corrected chi connectivity index (χ0v) is 6.65. The largest absolute Gasteiger partial charge is 0.432 e. The Morgan fingerprint density at radius 1 is 1.15 bits per heavy atom. The van der Waals surface area contributed by atoms with Gasteiger partial charge in [0.25, 0.3) is 0 Å². The van der Waals surface area contributed by atoms with E-state index in [1.807, 2.05) is 0 Å². The highest BCUT2D eigenvalue weighted by Crippen LogP contribution is 2.58. The molecule has 13 heavy (non-hydrogen) atoms. The maximum atomic E-state index is 12.7. The average molecular weight is 228 g/mol. The standard InChI is InChI=1S/C5H3F7S/c6-2-1-13-5(11,12)3(2,7)4(8,9)10/h2H,1H2. The Balaban J connectivity index is 3.11. The number of alkyl halides is 7. The van der Waals surface area contributed by atoms with E-state index in [1.165, 1.54) is 0 Å². The monoisotopic (exact) mass is 228 g/mol. The maximum absolute atomic E-state index is 12.7. The third-order valence-corrected chi connectivity index (χ3v) is 2.80. The van der Waals surface area contributed by atoms with Crippen LogP contribution in [0.5, 0.6) is 0 Å². The van der Waals surface area contributed by atoms with Crippen molar-refractivity contribution in [3.05, 3.63) is 0 Å². The predicted octanol–water partition coefficient (Wildman–Crippen LogP) is 2.93. The molecule has 2 unspecified atom stereocenters. The van der Waals surface area contributed by atoms with Crippen LogP contribution in [0.3, 0.4) is 0 Å². The van der Waals surface area contributed by atoms with Gasteiger partial charge in [0, 0.05) is 5.75 Å². The molecule has 0 radical (unpaired) electrons. The van der Waals surface area contributed by atoms with Crippen LogP contribution in [0.2, 0.25) is 0 Å². The van der Waals surface area contributed by atoms with Crippen LogP contribution in [0.15, 0.2) is 0 Å². The Bertz CT molecular complexity index is 211. The lowest BCUT2D eigenvalue weighted by atomic mass is 10.0. The Morgan fingerprint density at radius 3 is 1.77 bits per heavy atom. The molecule has 1 aliphatic heterocycles. The number of halogens is 7. The van der Waals surface area contributed by atoms with Crippen LogP contribution < -0.4 is 0 Å². The molecule has 0 aromatic carbocycles. The van der Waals surface area contributed by atoms with Crippen molar-refractivity contribution in [3.63, 3.8) is 0 Å². The average Bonchev–Trinajstić information content (AvgIpc) is 2.13. The minimum Gasteiger partial charge on any atom is -0.242 e. The van der Waals surface area contributed by atoms with Gasteiger partial charge in [-0.1, -0.05) is 11.8 Å². The van der Waals surface area contributed by atoms with E-state index in [-0.39, 0.29) is 0 Å². The Morgan fingerprint density at radius 2 is 1.62 bits per heavy atom. The summed E-state index contributed by atoms with van der Waals surface area (Å²) < 4.78 is 85.2. The lowest BCUT2D eigenvalue weighted by molar-refractivity contribution is -0.289. The van der Waals surface area contributed by atoms with Crippen molar-refractivity contribution >= 4 is 11.8 Å². The minimum atomic E-state index is -5.89. The molecule has 0 aromatic heterocycles. The number of hydrogen-bond donors (Lipinski definition) is 0. The summed E-state index contributed by atoms with van der Waals surface area (Å²) in [6.07, 6.45) is -9.10. The van der Waals surface area contributed by atoms with Crippen LogP contribution >= 0.6 is 11.8 Å². The van der Waals surface area contributed by atoms with E-state index in [0.717, 1.165) is 0 Å². The lowest BCUT2D eigenvalue weighted by Crippen LogP contribution is -2.56. The first-order valence-corrected chi connectivity index (χ1v) is 4.03. The fourth-order valence-corrected chi connectivity index (χ4v) is 1.96. The summed E-state index contributed by atoms with van der Waals surface area (Å²) in [5, 5.41) is -4.75. The molecule has 1 saturated heterocycles. The van der Waals surface area contributed by atoms with Gasteiger partial charge in [0.1, 0.15) is 0 Å². The first kappa shape index (κ1) is 10.9. The number of rotatable bonds is 0. The quantitative estimate of drug-likeness (QED) is 0.574. The van der Waals surface area contributed by atoms with E-state index < -0.39 is 40.8 Å².